The molecule has 4 rings (SSSR count). The van der Waals surface area contributed by atoms with Crippen LogP contribution in [0.2, 0.25) is 0 Å². The Morgan fingerprint density at radius 3 is 2.82 bits per heavy atom. The van der Waals surface area contributed by atoms with E-state index in [1.54, 1.807) is 0 Å². The van der Waals surface area contributed by atoms with Crippen LogP contribution in [0, 0.1) is 0 Å². The molecule has 3 atom stereocenters. The summed E-state index contributed by atoms with van der Waals surface area (Å²) < 4.78 is 13.5. The van der Waals surface area contributed by atoms with Crippen LogP contribution in [0.4, 0.5) is 0 Å². The van der Waals surface area contributed by atoms with Crippen LogP contribution in [0.15, 0.2) is 42.6 Å². The molecule has 1 N–H and O–H groups in total. The zero-order valence-corrected chi connectivity index (χ0v) is 12.5. The molecular weight excluding hydrogens is 278 g/mol. The Morgan fingerprint density at radius 2 is 2.00 bits per heavy atom. The van der Waals surface area contributed by atoms with Gasteiger partial charge in [-0.25, -0.2) is 4.68 Å². The second-order valence-corrected chi connectivity index (χ2v) is 5.92. The molecule has 1 aromatic carbocycles. The SMILES string of the molecule is c1ccc(-n2nccc2[C@H]2OCC[C@@H]2N[C@H]2CCOC2)cc1. The number of hydrogen-bond donors (Lipinski definition) is 1. The van der Waals surface area contributed by atoms with Crippen molar-refractivity contribution in [2.45, 2.75) is 31.0 Å². The normalized spacial score (nSPS) is 28.3. The lowest BCUT2D eigenvalue weighted by Crippen LogP contribution is -2.40. The molecule has 0 aliphatic carbocycles. The third kappa shape index (κ3) is 2.67. The molecule has 2 saturated heterocycles. The summed E-state index contributed by atoms with van der Waals surface area (Å²) in [6.45, 7) is 2.45. The highest BCUT2D eigenvalue weighted by atomic mass is 16.5. The summed E-state index contributed by atoms with van der Waals surface area (Å²) in [5.41, 5.74) is 2.18. The van der Waals surface area contributed by atoms with Gasteiger partial charge in [0.15, 0.2) is 0 Å². The van der Waals surface area contributed by atoms with Gasteiger partial charge in [0.1, 0.15) is 6.10 Å². The van der Waals surface area contributed by atoms with Gasteiger partial charge in [0.2, 0.25) is 0 Å². The number of nitrogens with zero attached hydrogens (tertiary/aromatic N) is 2. The van der Waals surface area contributed by atoms with Crippen molar-refractivity contribution in [3.05, 3.63) is 48.3 Å². The number of aromatic nitrogens is 2. The smallest absolute Gasteiger partial charge is 0.115 e. The van der Waals surface area contributed by atoms with E-state index in [9.17, 15) is 0 Å². The molecule has 2 aliphatic rings. The van der Waals surface area contributed by atoms with Crippen LogP contribution in [0.1, 0.15) is 24.6 Å². The zero-order valence-electron chi connectivity index (χ0n) is 12.5. The number of ether oxygens (including phenoxy) is 2. The molecule has 0 amide bonds. The van der Waals surface area contributed by atoms with Gasteiger partial charge in [0.25, 0.3) is 0 Å². The quantitative estimate of drug-likeness (QED) is 0.939. The maximum atomic E-state index is 6.02. The van der Waals surface area contributed by atoms with Crippen molar-refractivity contribution < 1.29 is 9.47 Å². The van der Waals surface area contributed by atoms with Crippen LogP contribution in [0.25, 0.3) is 5.69 Å². The summed E-state index contributed by atoms with van der Waals surface area (Å²) in [6, 6.07) is 13.0. The van der Waals surface area contributed by atoms with E-state index >= 15 is 0 Å². The van der Waals surface area contributed by atoms with Gasteiger partial charge in [-0.1, -0.05) is 18.2 Å². The summed E-state index contributed by atoms with van der Waals surface area (Å²) in [4.78, 5) is 0. The van der Waals surface area contributed by atoms with E-state index in [0.29, 0.717) is 12.1 Å². The van der Waals surface area contributed by atoms with Gasteiger partial charge < -0.3 is 14.8 Å². The summed E-state index contributed by atoms with van der Waals surface area (Å²) in [5, 5.41) is 8.19. The van der Waals surface area contributed by atoms with Crippen LogP contribution in [-0.2, 0) is 9.47 Å². The third-order valence-electron chi connectivity index (χ3n) is 4.44. The van der Waals surface area contributed by atoms with Gasteiger partial charge in [-0.05, 0) is 31.0 Å². The monoisotopic (exact) mass is 299 g/mol. The van der Waals surface area contributed by atoms with Crippen molar-refractivity contribution in [1.29, 1.82) is 0 Å². The Morgan fingerprint density at radius 1 is 1.09 bits per heavy atom. The Hall–Kier alpha value is -1.69. The fourth-order valence-electron chi connectivity index (χ4n) is 3.33. The molecule has 0 radical (unpaired) electrons. The predicted octanol–water partition coefficient (Wildman–Crippen LogP) is 2.08. The first-order valence-electron chi connectivity index (χ1n) is 7.96. The standard InChI is InChI=1S/C17H21N3O2/c1-2-4-14(5-3-1)20-16(6-9-18-20)17-15(8-11-22-17)19-13-7-10-21-12-13/h1-6,9,13,15,17,19H,7-8,10-12H2/t13-,15-,17-/m0/s1. The second-order valence-electron chi connectivity index (χ2n) is 5.92. The molecule has 2 aliphatic heterocycles. The van der Waals surface area contributed by atoms with E-state index in [1.807, 2.05) is 29.1 Å². The van der Waals surface area contributed by atoms with E-state index in [1.165, 1.54) is 0 Å². The highest BCUT2D eigenvalue weighted by molar-refractivity contribution is 5.33. The van der Waals surface area contributed by atoms with Crippen molar-refractivity contribution in [3.63, 3.8) is 0 Å². The van der Waals surface area contributed by atoms with E-state index in [-0.39, 0.29) is 6.10 Å². The molecule has 2 aromatic rings. The van der Waals surface area contributed by atoms with Gasteiger partial charge in [-0.2, -0.15) is 5.10 Å². The lowest BCUT2D eigenvalue weighted by Gasteiger charge is -2.23. The zero-order chi connectivity index (χ0) is 14.8. The molecule has 5 nitrogen and oxygen atoms in total. The molecule has 0 saturated carbocycles. The summed E-state index contributed by atoms with van der Waals surface area (Å²) in [6.07, 6.45) is 4.01. The minimum atomic E-state index is 0.0447. The Kier molecular flexibility index (Phi) is 3.93. The predicted molar refractivity (Wildman–Crippen MR) is 83.0 cm³/mol. The number of hydrogen-bond acceptors (Lipinski definition) is 4. The number of rotatable bonds is 4. The van der Waals surface area contributed by atoms with Crippen LogP contribution < -0.4 is 5.32 Å². The number of benzene rings is 1. The molecule has 116 valence electrons. The Balaban J connectivity index is 1.57. The highest BCUT2D eigenvalue weighted by Gasteiger charge is 2.34. The second kappa shape index (κ2) is 6.20. The average Bonchev–Trinajstić information content (AvgIpc) is 3.29. The molecule has 0 spiro atoms. The average molecular weight is 299 g/mol. The van der Waals surface area contributed by atoms with E-state index in [0.717, 1.165) is 44.0 Å². The Labute approximate surface area is 130 Å². The molecule has 1 aromatic heterocycles. The first kappa shape index (κ1) is 13.9. The fourth-order valence-corrected chi connectivity index (χ4v) is 3.33. The van der Waals surface area contributed by atoms with Crippen LogP contribution >= 0.6 is 0 Å². The van der Waals surface area contributed by atoms with Crippen LogP contribution in [-0.4, -0.2) is 41.7 Å². The lowest BCUT2D eigenvalue weighted by molar-refractivity contribution is 0.0901. The maximum absolute atomic E-state index is 6.02. The van der Waals surface area contributed by atoms with Crippen LogP contribution in [0.5, 0.6) is 0 Å². The topological polar surface area (TPSA) is 48.3 Å². The van der Waals surface area contributed by atoms with E-state index in [2.05, 4.69) is 28.6 Å². The first-order valence-corrected chi connectivity index (χ1v) is 7.96. The molecule has 0 bridgehead atoms. The van der Waals surface area contributed by atoms with Crippen molar-refractivity contribution in [1.82, 2.24) is 15.1 Å². The fraction of sp³-hybridized carbons (Fsp3) is 0.471. The molecule has 22 heavy (non-hydrogen) atoms. The Bertz CT molecular complexity index is 607. The van der Waals surface area contributed by atoms with E-state index in [4.69, 9.17) is 9.47 Å². The number of para-hydroxylation sites is 1. The van der Waals surface area contributed by atoms with Crippen molar-refractivity contribution in [2.24, 2.45) is 0 Å². The van der Waals surface area contributed by atoms with E-state index < -0.39 is 0 Å². The van der Waals surface area contributed by atoms with Gasteiger partial charge in [-0.15, -0.1) is 0 Å². The largest absolute Gasteiger partial charge is 0.380 e. The molecule has 0 unspecified atom stereocenters. The number of nitrogens with one attached hydrogen (secondary N) is 1. The third-order valence-corrected chi connectivity index (χ3v) is 4.44. The summed E-state index contributed by atoms with van der Waals surface area (Å²) >= 11 is 0. The van der Waals surface area contributed by atoms with Crippen molar-refractivity contribution >= 4 is 0 Å². The molecule has 5 heteroatoms. The lowest BCUT2D eigenvalue weighted by atomic mass is 10.1. The minimum absolute atomic E-state index is 0.0447. The van der Waals surface area contributed by atoms with Crippen molar-refractivity contribution in [3.8, 4) is 5.69 Å². The molecule has 2 fully saturated rings. The highest BCUT2D eigenvalue weighted by Crippen LogP contribution is 2.31. The van der Waals surface area contributed by atoms with Gasteiger partial charge in [0, 0.05) is 31.5 Å². The molecule has 3 heterocycles. The maximum Gasteiger partial charge on any atom is 0.115 e. The van der Waals surface area contributed by atoms with Crippen molar-refractivity contribution in [2.75, 3.05) is 19.8 Å². The molecular formula is C17H21N3O2. The van der Waals surface area contributed by atoms with Gasteiger partial charge in [0.05, 0.1) is 18.0 Å². The minimum Gasteiger partial charge on any atom is -0.380 e. The van der Waals surface area contributed by atoms with Gasteiger partial charge in [-0.3, -0.25) is 0 Å². The first-order chi connectivity index (χ1) is 10.9. The summed E-state index contributed by atoms with van der Waals surface area (Å²) in [5.74, 6) is 0. The summed E-state index contributed by atoms with van der Waals surface area (Å²) in [7, 11) is 0. The van der Waals surface area contributed by atoms with Crippen LogP contribution in [0.3, 0.4) is 0 Å². The van der Waals surface area contributed by atoms with Gasteiger partial charge >= 0.3 is 0 Å².